The first kappa shape index (κ1) is 11.3. The van der Waals surface area contributed by atoms with Gasteiger partial charge in [0.05, 0.1) is 26.9 Å². The molecule has 6 heteroatoms. The van der Waals surface area contributed by atoms with Gasteiger partial charge in [-0.1, -0.05) is 17.7 Å². The van der Waals surface area contributed by atoms with Crippen molar-refractivity contribution in [2.45, 2.75) is 0 Å². The number of nitrogens with zero attached hydrogens (tertiary/aromatic N) is 1. The van der Waals surface area contributed by atoms with Crippen molar-refractivity contribution in [1.29, 1.82) is 0 Å². The second kappa shape index (κ2) is 4.12. The molecular weight excluding hydrogens is 272 g/mol. The van der Waals surface area contributed by atoms with Gasteiger partial charge in [-0.05, 0) is 29.1 Å². The summed E-state index contributed by atoms with van der Waals surface area (Å²) in [6, 6.07) is 6.41. The molecule has 0 atom stereocenters. The van der Waals surface area contributed by atoms with Crippen LogP contribution in [0.3, 0.4) is 0 Å². The molecule has 3 rings (SSSR count). The zero-order valence-electron chi connectivity index (χ0n) is 8.94. The van der Waals surface area contributed by atoms with Crippen LogP contribution in [0.5, 0.6) is 0 Å². The summed E-state index contributed by atoms with van der Waals surface area (Å²) in [6.07, 6.45) is 0. The predicted octanol–water partition coefficient (Wildman–Crippen LogP) is 2.31. The van der Waals surface area contributed by atoms with Crippen LogP contribution in [0.2, 0.25) is 5.02 Å². The molecule has 0 aliphatic carbocycles. The lowest BCUT2D eigenvalue weighted by Crippen LogP contribution is -2.21. The summed E-state index contributed by atoms with van der Waals surface area (Å²) in [7, 11) is 0. The Morgan fingerprint density at radius 2 is 2.22 bits per heavy atom. The number of carboxylic acids is 1. The van der Waals surface area contributed by atoms with Crippen molar-refractivity contribution in [2.75, 3.05) is 0 Å². The Kier molecular flexibility index (Phi) is 2.57. The van der Waals surface area contributed by atoms with Gasteiger partial charge in [0.2, 0.25) is 0 Å². The van der Waals surface area contributed by atoms with E-state index < -0.39 is 5.97 Å². The fraction of sp³-hybridized carbons (Fsp3) is 0. The number of hydrogen-bond acceptors (Lipinski definition) is 4. The van der Waals surface area contributed by atoms with Crippen LogP contribution in [0.1, 0.15) is 10.4 Å². The summed E-state index contributed by atoms with van der Waals surface area (Å²) in [5.74, 6) is -0.567. The number of hydrogen-bond donors (Lipinski definition) is 1. The Bertz CT molecular complexity index is 747. The molecule has 0 spiro atoms. The average Bonchev–Trinajstić information content (AvgIpc) is 2.92. The molecule has 0 fully saturated rings. The molecular formula is C12H6ClN2O2S-. The van der Waals surface area contributed by atoms with Crippen molar-refractivity contribution in [3.05, 3.63) is 40.2 Å². The van der Waals surface area contributed by atoms with Crippen LogP contribution < -0.4 is 5.11 Å². The molecule has 0 bridgehead atoms. The minimum Gasteiger partial charge on any atom is -0.545 e. The van der Waals surface area contributed by atoms with Crippen LogP contribution in [-0.2, 0) is 0 Å². The number of halogens is 1. The van der Waals surface area contributed by atoms with E-state index in [1.54, 1.807) is 12.1 Å². The van der Waals surface area contributed by atoms with Crippen molar-refractivity contribution in [2.24, 2.45) is 0 Å². The maximum Gasteiger partial charge on any atom is 0.150 e. The van der Waals surface area contributed by atoms with Gasteiger partial charge in [-0.2, -0.15) is 0 Å². The second-order valence-corrected chi connectivity index (χ2v) is 5.03. The third kappa shape index (κ3) is 1.77. The maximum atomic E-state index is 10.8. The number of carbonyl (C=O) groups excluding carboxylic acids is 1. The van der Waals surface area contributed by atoms with E-state index in [-0.39, 0.29) is 5.56 Å². The van der Waals surface area contributed by atoms with Crippen LogP contribution in [0, 0.1) is 0 Å². The number of imidazole rings is 1. The maximum absolute atomic E-state index is 10.8. The number of H-pyrrole nitrogens is 1. The lowest BCUT2D eigenvalue weighted by atomic mass is 10.2. The van der Waals surface area contributed by atoms with Gasteiger partial charge in [-0.15, -0.1) is 11.3 Å². The van der Waals surface area contributed by atoms with Crippen LogP contribution in [0.25, 0.3) is 21.7 Å². The van der Waals surface area contributed by atoms with E-state index in [0.29, 0.717) is 21.9 Å². The average molecular weight is 278 g/mol. The van der Waals surface area contributed by atoms with Crippen molar-refractivity contribution >= 4 is 39.9 Å². The van der Waals surface area contributed by atoms with Gasteiger partial charge in [-0.3, -0.25) is 0 Å². The SMILES string of the molecule is O=C([O-])c1ccc2nc(-c3sccc3Cl)[nH]c2c1. The molecule has 2 heterocycles. The summed E-state index contributed by atoms with van der Waals surface area (Å²) in [4.78, 5) is 19.0. The number of aromatic amines is 1. The molecule has 18 heavy (non-hydrogen) atoms. The smallest absolute Gasteiger partial charge is 0.150 e. The third-order valence-corrected chi connectivity index (χ3v) is 3.90. The highest BCUT2D eigenvalue weighted by Gasteiger charge is 2.10. The van der Waals surface area contributed by atoms with Gasteiger partial charge >= 0.3 is 0 Å². The Morgan fingerprint density at radius 3 is 2.89 bits per heavy atom. The van der Waals surface area contributed by atoms with Gasteiger partial charge in [0.1, 0.15) is 5.82 Å². The van der Waals surface area contributed by atoms with E-state index in [1.807, 2.05) is 5.38 Å². The number of nitrogens with one attached hydrogen (secondary N) is 1. The number of aromatic nitrogens is 2. The van der Waals surface area contributed by atoms with E-state index >= 15 is 0 Å². The standard InChI is InChI=1S/C12H7ClN2O2S/c13-7-3-4-18-10(7)11-14-8-2-1-6(12(16)17)5-9(8)15-11/h1-5H,(H,14,15)(H,16,17)/p-1. The Labute approximate surface area is 111 Å². The molecule has 0 unspecified atom stereocenters. The van der Waals surface area contributed by atoms with E-state index in [1.165, 1.54) is 23.5 Å². The summed E-state index contributed by atoms with van der Waals surface area (Å²) in [5, 5.41) is 13.3. The topological polar surface area (TPSA) is 68.8 Å². The van der Waals surface area contributed by atoms with Crippen molar-refractivity contribution in [1.82, 2.24) is 9.97 Å². The van der Waals surface area contributed by atoms with E-state index in [4.69, 9.17) is 11.6 Å². The van der Waals surface area contributed by atoms with Gasteiger partial charge < -0.3 is 14.9 Å². The first-order chi connectivity index (χ1) is 8.65. The molecule has 4 nitrogen and oxygen atoms in total. The number of carbonyl (C=O) groups is 1. The predicted molar refractivity (Wildman–Crippen MR) is 68.7 cm³/mol. The molecule has 0 amide bonds. The van der Waals surface area contributed by atoms with Crippen molar-refractivity contribution in [3.63, 3.8) is 0 Å². The molecule has 1 aromatic carbocycles. The summed E-state index contributed by atoms with van der Waals surface area (Å²) in [6.45, 7) is 0. The number of rotatable bonds is 2. The highest BCUT2D eigenvalue weighted by molar-refractivity contribution is 7.14. The minimum absolute atomic E-state index is 0.120. The second-order valence-electron chi connectivity index (χ2n) is 3.70. The number of benzene rings is 1. The van der Waals surface area contributed by atoms with Crippen LogP contribution in [0.15, 0.2) is 29.6 Å². The van der Waals surface area contributed by atoms with Gasteiger partial charge in [0, 0.05) is 0 Å². The molecule has 0 aliphatic rings. The lowest BCUT2D eigenvalue weighted by molar-refractivity contribution is -0.255. The Morgan fingerprint density at radius 1 is 1.39 bits per heavy atom. The monoisotopic (exact) mass is 277 g/mol. The quantitative estimate of drug-likeness (QED) is 0.781. The number of aromatic carboxylic acids is 1. The number of thiophene rings is 1. The molecule has 90 valence electrons. The van der Waals surface area contributed by atoms with Crippen molar-refractivity contribution in [3.8, 4) is 10.7 Å². The summed E-state index contributed by atoms with van der Waals surface area (Å²) < 4.78 is 0. The fourth-order valence-corrected chi connectivity index (χ4v) is 2.80. The van der Waals surface area contributed by atoms with Gasteiger partial charge in [0.25, 0.3) is 0 Å². The molecule has 2 aromatic heterocycles. The van der Waals surface area contributed by atoms with Crippen molar-refractivity contribution < 1.29 is 9.90 Å². The largest absolute Gasteiger partial charge is 0.545 e. The third-order valence-electron chi connectivity index (χ3n) is 2.55. The van der Waals surface area contributed by atoms with Crippen LogP contribution in [0.4, 0.5) is 0 Å². The van der Waals surface area contributed by atoms with Gasteiger partial charge in [0.15, 0.2) is 0 Å². The lowest BCUT2D eigenvalue weighted by Gasteiger charge is -2.00. The number of carboxylic acid groups (broad SMARTS) is 1. The Hall–Kier alpha value is -1.85. The van der Waals surface area contributed by atoms with E-state index in [0.717, 1.165) is 4.88 Å². The first-order valence-corrected chi connectivity index (χ1v) is 6.35. The zero-order valence-corrected chi connectivity index (χ0v) is 10.5. The summed E-state index contributed by atoms with van der Waals surface area (Å²) in [5.41, 5.74) is 1.46. The van der Waals surface area contributed by atoms with E-state index in [2.05, 4.69) is 9.97 Å². The van der Waals surface area contributed by atoms with Gasteiger partial charge in [-0.25, -0.2) is 4.98 Å². The molecule has 0 radical (unpaired) electrons. The zero-order chi connectivity index (χ0) is 12.7. The minimum atomic E-state index is -1.21. The normalized spacial score (nSPS) is 10.9. The fourth-order valence-electron chi connectivity index (χ4n) is 1.71. The summed E-state index contributed by atoms with van der Waals surface area (Å²) >= 11 is 7.50. The van der Waals surface area contributed by atoms with Crippen LogP contribution in [-0.4, -0.2) is 15.9 Å². The first-order valence-electron chi connectivity index (χ1n) is 5.09. The highest BCUT2D eigenvalue weighted by Crippen LogP contribution is 2.32. The molecule has 0 aliphatic heterocycles. The molecule has 0 saturated carbocycles. The van der Waals surface area contributed by atoms with Crippen LogP contribution >= 0.6 is 22.9 Å². The molecule has 0 saturated heterocycles. The Balaban J connectivity index is 2.17. The highest BCUT2D eigenvalue weighted by atomic mass is 35.5. The molecule has 1 N–H and O–H groups in total. The van der Waals surface area contributed by atoms with E-state index in [9.17, 15) is 9.90 Å². The number of fused-ring (bicyclic) bond motifs is 1. The molecule has 3 aromatic rings.